The van der Waals surface area contributed by atoms with Crippen molar-refractivity contribution < 1.29 is 9.59 Å². The number of rotatable bonds is 6. The SMILES string of the molecule is O=C(CCc1ccc(CC2CCN(C3CCCCC3)C2=O)c(Cl)c1)N1CCNCC1. The molecule has 1 unspecified atom stereocenters. The number of carbonyl (C=O) groups excluding carboxylic acids is 2. The molecule has 3 fully saturated rings. The van der Waals surface area contributed by atoms with Gasteiger partial charge in [0.05, 0.1) is 0 Å². The van der Waals surface area contributed by atoms with Crippen LogP contribution in [-0.4, -0.2) is 60.4 Å². The lowest BCUT2D eigenvalue weighted by molar-refractivity contribution is -0.133. The van der Waals surface area contributed by atoms with Gasteiger partial charge in [-0.2, -0.15) is 0 Å². The molecule has 0 spiro atoms. The number of likely N-dealkylation sites (tertiary alicyclic amines) is 1. The molecule has 1 aliphatic carbocycles. The van der Waals surface area contributed by atoms with Crippen molar-refractivity contribution in [3.63, 3.8) is 0 Å². The fourth-order valence-corrected chi connectivity index (χ4v) is 5.49. The summed E-state index contributed by atoms with van der Waals surface area (Å²) < 4.78 is 0. The Hall–Kier alpha value is -1.59. The molecule has 1 aromatic carbocycles. The van der Waals surface area contributed by atoms with Gasteiger partial charge in [0, 0.05) is 56.1 Å². The monoisotopic (exact) mass is 431 g/mol. The molecule has 0 radical (unpaired) electrons. The zero-order valence-electron chi connectivity index (χ0n) is 17.9. The third-order valence-corrected chi connectivity index (χ3v) is 7.40. The zero-order valence-corrected chi connectivity index (χ0v) is 18.6. The smallest absolute Gasteiger partial charge is 0.226 e. The van der Waals surface area contributed by atoms with Crippen LogP contribution in [-0.2, 0) is 22.4 Å². The van der Waals surface area contributed by atoms with Crippen molar-refractivity contribution in [1.82, 2.24) is 15.1 Å². The van der Waals surface area contributed by atoms with Gasteiger partial charge < -0.3 is 15.1 Å². The van der Waals surface area contributed by atoms with E-state index in [9.17, 15) is 9.59 Å². The van der Waals surface area contributed by atoms with Crippen molar-refractivity contribution >= 4 is 23.4 Å². The van der Waals surface area contributed by atoms with Crippen LogP contribution in [0.15, 0.2) is 18.2 Å². The van der Waals surface area contributed by atoms with Crippen molar-refractivity contribution in [1.29, 1.82) is 0 Å². The Bertz CT molecular complexity index is 757. The first-order chi connectivity index (χ1) is 14.6. The summed E-state index contributed by atoms with van der Waals surface area (Å²) in [6, 6.07) is 6.58. The van der Waals surface area contributed by atoms with E-state index >= 15 is 0 Å². The van der Waals surface area contributed by atoms with Crippen molar-refractivity contribution in [3.05, 3.63) is 34.3 Å². The molecule has 5 nitrogen and oxygen atoms in total. The molecular weight excluding hydrogens is 398 g/mol. The number of nitrogens with one attached hydrogen (secondary N) is 1. The highest BCUT2D eigenvalue weighted by atomic mass is 35.5. The van der Waals surface area contributed by atoms with Crippen LogP contribution in [0.4, 0.5) is 0 Å². The molecule has 0 aromatic heterocycles. The van der Waals surface area contributed by atoms with Gasteiger partial charge in [0.1, 0.15) is 0 Å². The average Bonchev–Trinajstić information content (AvgIpc) is 3.15. The maximum Gasteiger partial charge on any atom is 0.226 e. The molecule has 2 aliphatic heterocycles. The number of nitrogens with zero attached hydrogens (tertiary/aromatic N) is 2. The van der Waals surface area contributed by atoms with Gasteiger partial charge >= 0.3 is 0 Å². The lowest BCUT2D eigenvalue weighted by Crippen LogP contribution is -2.46. The van der Waals surface area contributed by atoms with Crippen LogP contribution < -0.4 is 5.32 Å². The maximum atomic E-state index is 13.0. The van der Waals surface area contributed by atoms with E-state index in [1.807, 2.05) is 11.0 Å². The summed E-state index contributed by atoms with van der Waals surface area (Å²) in [5.41, 5.74) is 2.14. The maximum absolute atomic E-state index is 13.0. The number of amides is 2. The molecule has 164 valence electrons. The van der Waals surface area contributed by atoms with Crippen LogP contribution in [0.2, 0.25) is 5.02 Å². The Morgan fingerprint density at radius 2 is 1.83 bits per heavy atom. The summed E-state index contributed by atoms with van der Waals surface area (Å²) in [5, 5.41) is 4.00. The van der Waals surface area contributed by atoms with Crippen LogP contribution in [0.1, 0.15) is 56.1 Å². The molecule has 4 rings (SSSR count). The highest BCUT2D eigenvalue weighted by Crippen LogP contribution is 2.32. The highest BCUT2D eigenvalue weighted by molar-refractivity contribution is 6.31. The summed E-state index contributed by atoms with van der Waals surface area (Å²) in [6.45, 7) is 4.25. The van der Waals surface area contributed by atoms with E-state index in [1.54, 1.807) is 0 Å². The van der Waals surface area contributed by atoms with Gasteiger partial charge in [0.25, 0.3) is 0 Å². The number of halogens is 1. The van der Waals surface area contributed by atoms with Gasteiger partial charge in [-0.25, -0.2) is 0 Å². The fourth-order valence-electron chi connectivity index (χ4n) is 5.21. The number of hydrogen-bond donors (Lipinski definition) is 1. The van der Waals surface area contributed by atoms with Crippen LogP contribution in [0.25, 0.3) is 0 Å². The molecule has 1 saturated carbocycles. The lowest BCUT2D eigenvalue weighted by Gasteiger charge is -2.31. The summed E-state index contributed by atoms with van der Waals surface area (Å²) in [4.78, 5) is 29.4. The Labute approximate surface area is 185 Å². The van der Waals surface area contributed by atoms with Gasteiger partial charge in [-0.15, -0.1) is 0 Å². The zero-order chi connectivity index (χ0) is 20.9. The van der Waals surface area contributed by atoms with E-state index in [0.717, 1.165) is 61.7 Å². The Balaban J connectivity index is 1.30. The lowest BCUT2D eigenvalue weighted by atomic mass is 9.94. The minimum atomic E-state index is 0.0598. The molecule has 2 heterocycles. The third kappa shape index (κ3) is 5.17. The Morgan fingerprint density at radius 3 is 2.57 bits per heavy atom. The van der Waals surface area contributed by atoms with E-state index < -0.39 is 0 Å². The van der Waals surface area contributed by atoms with Crippen LogP contribution >= 0.6 is 11.6 Å². The molecule has 6 heteroatoms. The van der Waals surface area contributed by atoms with Crippen LogP contribution in [0.5, 0.6) is 0 Å². The first kappa shape index (κ1) is 21.6. The summed E-state index contributed by atoms with van der Waals surface area (Å²) in [7, 11) is 0. The highest BCUT2D eigenvalue weighted by Gasteiger charge is 2.36. The van der Waals surface area contributed by atoms with Crippen molar-refractivity contribution in [2.45, 2.75) is 63.8 Å². The van der Waals surface area contributed by atoms with Crippen molar-refractivity contribution in [3.8, 4) is 0 Å². The molecule has 30 heavy (non-hydrogen) atoms. The molecule has 2 saturated heterocycles. The van der Waals surface area contributed by atoms with Gasteiger partial charge in [-0.3, -0.25) is 9.59 Å². The van der Waals surface area contributed by atoms with Crippen molar-refractivity contribution in [2.75, 3.05) is 32.7 Å². The quantitative estimate of drug-likeness (QED) is 0.750. The van der Waals surface area contributed by atoms with E-state index in [-0.39, 0.29) is 11.8 Å². The topological polar surface area (TPSA) is 52.7 Å². The van der Waals surface area contributed by atoms with Gasteiger partial charge in [0.2, 0.25) is 11.8 Å². The second kappa shape index (κ2) is 10.1. The molecular formula is C24H34ClN3O2. The molecule has 1 N–H and O–H groups in total. The van der Waals surface area contributed by atoms with Crippen LogP contribution in [0.3, 0.4) is 0 Å². The van der Waals surface area contributed by atoms with Crippen LogP contribution in [0, 0.1) is 5.92 Å². The normalized spacial score (nSPS) is 23.2. The minimum Gasteiger partial charge on any atom is -0.340 e. The molecule has 2 amide bonds. The first-order valence-electron chi connectivity index (χ1n) is 11.7. The molecule has 1 aromatic rings. The second-order valence-electron chi connectivity index (χ2n) is 9.07. The molecule has 0 bridgehead atoms. The average molecular weight is 432 g/mol. The summed E-state index contributed by atoms with van der Waals surface area (Å²) in [6.07, 6.45) is 9.04. The minimum absolute atomic E-state index is 0.0598. The number of aryl methyl sites for hydroxylation is 1. The Kier molecular flexibility index (Phi) is 7.32. The van der Waals surface area contributed by atoms with E-state index in [4.69, 9.17) is 11.6 Å². The Morgan fingerprint density at radius 1 is 1.07 bits per heavy atom. The van der Waals surface area contributed by atoms with E-state index in [1.165, 1.54) is 32.1 Å². The molecule has 3 aliphatic rings. The fraction of sp³-hybridized carbons (Fsp3) is 0.667. The van der Waals surface area contributed by atoms with Crippen molar-refractivity contribution in [2.24, 2.45) is 5.92 Å². The van der Waals surface area contributed by atoms with Gasteiger partial charge in [-0.1, -0.05) is 43.0 Å². The van der Waals surface area contributed by atoms with E-state index in [2.05, 4.69) is 22.3 Å². The number of hydrogen-bond acceptors (Lipinski definition) is 3. The number of carbonyl (C=O) groups is 2. The number of piperazine rings is 1. The first-order valence-corrected chi connectivity index (χ1v) is 12.1. The second-order valence-corrected chi connectivity index (χ2v) is 9.48. The largest absolute Gasteiger partial charge is 0.340 e. The van der Waals surface area contributed by atoms with Gasteiger partial charge in [-0.05, 0) is 49.3 Å². The number of benzene rings is 1. The van der Waals surface area contributed by atoms with E-state index in [0.29, 0.717) is 24.8 Å². The standard InChI is InChI=1S/C24H34ClN3O2/c25-22-16-18(7-9-23(29)27-14-11-26-12-15-27)6-8-19(22)17-20-10-13-28(24(20)30)21-4-2-1-3-5-21/h6,8,16,20-21,26H,1-5,7,9-15,17H2. The predicted molar refractivity (Wildman–Crippen MR) is 120 cm³/mol. The summed E-state index contributed by atoms with van der Waals surface area (Å²) >= 11 is 6.58. The molecule has 1 atom stereocenters. The third-order valence-electron chi connectivity index (χ3n) is 7.05. The summed E-state index contributed by atoms with van der Waals surface area (Å²) in [5.74, 6) is 0.601. The predicted octanol–water partition coefficient (Wildman–Crippen LogP) is 3.43. The van der Waals surface area contributed by atoms with Gasteiger partial charge in [0.15, 0.2) is 0 Å².